The first-order valence-electron chi connectivity index (χ1n) is 5.65. The van der Waals surface area contributed by atoms with Gasteiger partial charge in [0.1, 0.15) is 23.0 Å². The SMILES string of the molecule is O=C(Nc1c(F)cc(F)cc1F)Nc1c(F)cc(F)cc1F. The molecule has 0 radical (unpaired) electrons. The van der Waals surface area contributed by atoms with E-state index in [1.54, 1.807) is 10.6 Å². The molecule has 0 atom stereocenters. The Hall–Kier alpha value is -2.71. The Bertz CT molecular complexity index is 642. The zero-order valence-corrected chi connectivity index (χ0v) is 10.5. The average molecular weight is 320 g/mol. The molecule has 0 saturated heterocycles. The second-order valence-corrected chi connectivity index (χ2v) is 4.07. The maximum absolute atomic E-state index is 13.3. The van der Waals surface area contributed by atoms with Crippen molar-refractivity contribution < 1.29 is 31.1 Å². The molecule has 2 N–H and O–H groups in total. The fourth-order valence-corrected chi connectivity index (χ4v) is 1.58. The molecule has 0 fully saturated rings. The number of hydrogen-bond acceptors (Lipinski definition) is 1. The van der Waals surface area contributed by atoms with Gasteiger partial charge in [-0.1, -0.05) is 0 Å². The van der Waals surface area contributed by atoms with Gasteiger partial charge < -0.3 is 10.6 Å². The van der Waals surface area contributed by atoms with Crippen molar-refractivity contribution in [2.45, 2.75) is 0 Å². The third-order valence-electron chi connectivity index (χ3n) is 2.49. The minimum Gasteiger partial charge on any atom is -0.303 e. The molecule has 0 unspecified atom stereocenters. The van der Waals surface area contributed by atoms with Crippen molar-refractivity contribution in [3.05, 3.63) is 59.2 Å². The number of amides is 2. The van der Waals surface area contributed by atoms with E-state index >= 15 is 0 Å². The summed E-state index contributed by atoms with van der Waals surface area (Å²) < 4.78 is 78.6. The lowest BCUT2D eigenvalue weighted by molar-refractivity contribution is 0.261. The number of benzene rings is 2. The Kier molecular flexibility index (Phi) is 4.25. The summed E-state index contributed by atoms with van der Waals surface area (Å²) in [7, 11) is 0. The van der Waals surface area contributed by atoms with Crippen LogP contribution < -0.4 is 10.6 Å². The molecule has 2 aromatic carbocycles. The normalized spacial score (nSPS) is 10.5. The molecule has 116 valence electrons. The molecule has 0 aliphatic rings. The summed E-state index contributed by atoms with van der Waals surface area (Å²) in [6.07, 6.45) is 0. The number of urea groups is 1. The lowest BCUT2D eigenvalue weighted by Gasteiger charge is -2.10. The Labute approximate surface area is 119 Å². The van der Waals surface area contributed by atoms with Crippen LogP contribution in [-0.2, 0) is 0 Å². The fourth-order valence-electron chi connectivity index (χ4n) is 1.58. The molecular formula is C13H6F6N2O. The van der Waals surface area contributed by atoms with Crippen LogP contribution in [-0.4, -0.2) is 6.03 Å². The van der Waals surface area contributed by atoms with Crippen molar-refractivity contribution in [1.82, 2.24) is 0 Å². The zero-order chi connectivity index (χ0) is 16.4. The Balaban J connectivity index is 2.22. The number of carbonyl (C=O) groups excluding carboxylic acids is 1. The third-order valence-corrected chi connectivity index (χ3v) is 2.49. The monoisotopic (exact) mass is 320 g/mol. The maximum atomic E-state index is 13.3. The van der Waals surface area contributed by atoms with E-state index in [0.29, 0.717) is 24.3 Å². The second kappa shape index (κ2) is 5.96. The van der Waals surface area contributed by atoms with E-state index in [1.165, 1.54) is 0 Å². The van der Waals surface area contributed by atoms with Crippen LogP contribution in [0.2, 0.25) is 0 Å². The molecule has 0 aliphatic carbocycles. The van der Waals surface area contributed by atoms with Gasteiger partial charge in [-0.15, -0.1) is 0 Å². The van der Waals surface area contributed by atoms with Crippen LogP contribution >= 0.6 is 0 Å². The van der Waals surface area contributed by atoms with Crippen molar-refractivity contribution >= 4 is 17.4 Å². The van der Waals surface area contributed by atoms with Crippen LogP contribution in [0.3, 0.4) is 0 Å². The molecule has 22 heavy (non-hydrogen) atoms. The van der Waals surface area contributed by atoms with Gasteiger partial charge in [-0.25, -0.2) is 31.1 Å². The van der Waals surface area contributed by atoms with Crippen LogP contribution in [0, 0.1) is 34.9 Å². The van der Waals surface area contributed by atoms with E-state index in [1.807, 2.05) is 0 Å². The van der Waals surface area contributed by atoms with Crippen LogP contribution in [0.4, 0.5) is 42.5 Å². The first-order valence-corrected chi connectivity index (χ1v) is 5.65. The smallest absolute Gasteiger partial charge is 0.303 e. The number of nitrogens with one attached hydrogen (secondary N) is 2. The summed E-state index contributed by atoms with van der Waals surface area (Å²) in [5, 5.41) is 3.26. The first-order chi connectivity index (χ1) is 10.3. The number of carbonyl (C=O) groups is 1. The first kappa shape index (κ1) is 15.7. The summed E-state index contributed by atoms with van der Waals surface area (Å²) >= 11 is 0. The van der Waals surface area contributed by atoms with Gasteiger partial charge in [0.15, 0.2) is 23.3 Å². The van der Waals surface area contributed by atoms with Crippen LogP contribution in [0.5, 0.6) is 0 Å². The molecule has 2 amide bonds. The highest BCUT2D eigenvalue weighted by Gasteiger charge is 2.17. The number of halogens is 6. The largest absolute Gasteiger partial charge is 0.324 e. The van der Waals surface area contributed by atoms with Crippen molar-refractivity contribution in [1.29, 1.82) is 0 Å². The van der Waals surface area contributed by atoms with Gasteiger partial charge in [-0.3, -0.25) is 0 Å². The van der Waals surface area contributed by atoms with E-state index in [0.717, 1.165) is 0 Å². The molecule has 0 aliphatic heterocycles. The van der Waals surface area contributed by atoms with Gasteiger partial charge in [-0.05, 0) is 0 Å². The second-order valence-electron chi connectivity index (χ2n) is 4.07. The predicted octanol–water partition coefficient (Wildman–Crippen LogP) is 4.17. The molecule has 0 bridgehead atoms. The third kappa shape index (κ3) is 3.30. The molecule has 9 heteroatoms. The summed E-state index contributed by atoms with van der Waals surface area (Å²) in [4.78, 5) is 11.5. The molecule has 0 spiro atoms. The average Bonchev–Trinajstić information content (AvgIpc) is 2.38. The molecular weight excluding hydrogens is 314 g/mol. The van der Waals surface area contributed by atoms with E-state index in [4.69, 9.17) is 0 Å². The fraction of sp³-hybridized carbons (Fsp3) is 0. The number of anilines is 2. The van der Waals surface area contributed by atoms with Gasteiger partial charge >= 0.3 is 6.03 Å². The highest BCUT2D eigenvalue weighted by atomic mass is 19.2. The van der Waals surface area contributed by atoms with Crippen LogP contribution in [0.15, 0.2) is 24.3 Å². The van der Waals surface area contributed by atoms with E-state index in [9.17, 15) is 31.1 Å². The summed E-state index contributed by atoms with van der Waals surface area (Å²) in [5.41, 5.74) is -2.02. The van der Waals surface area contributed by atoms with E-state index in [2.05, 4.69) is 0 Å². The van der Waals surface area contributed by atoms with Crippen LogP contribution in [0.1, 0.15) is 0 Å². The maximum Gasteiger partial charge on any atom is 0.324 e. The standard InChI is InChI=1S/C13H6F6N2O/c14-5-1-7(16)11(8(17)2-5)20-13(22)21-12-9(18)3-6(15)4-10(12)19/h1-4H,(H2,20,21,22). The minimum absolute atomic E-state index is 0.303. The highest BCUT2D eigenvalue weighted by molar-refractivity contribution is 6.00. The van der Waals surface area contributed by atoms with Gasteiger partial charge in [0.25, 0.3) is 0 Å². The van der Waals surface area contributed by atoms with Crippen LogP contribution in [0.25, 0.3) is 0 Å². The molecule has 2 rings (SSSR count). The molecule has 3 nitrogen and oxygen atoms in total. The Morgan fingerprint density at radius 3 is 1.18 bits per heavy atom. The Morgan fingerprint density at radius 1 is 0.636 bits per heavy atom. The topological polar surface area (TPSA) is 41.1 Å². The lowest BCUT2D eigenvalue weighted by Crippen LogP contribution is -2.22. The summed E-state index contributed by atoms with van der Waals surface area (Å²) in [5.74, 6) is -8.12. The van der Waals surface area contributed by atoms with Gasteiger partial charge in [0.05, 0.1) is 0 Å². The quantitative estimate of drug-likeness (QED) is 0.801. The van der Waals surface area contributed by atoms with Gasteiger partial charge in [0.2, 0.25) is 0 Å². The molecule has 2 aromatic rings. The Morgan fingerprint density at radius 2 is 0.909 bits per heavy atom. The number of rotatable bonds is 2. The van der Waals surface area contributed by atoms with Gasteiger partial charge in [-0.2, -0.15) is 0 Å². The summed E-state index contributed by atoms with van der Waals surface area (Å²) in [6, 6.07) is -0.195. The molecule has 0 saturated carbocycles. The molecule has 0 heterocycles. The number of hydrogen-bond donors (Lipinski definition) is 2. The summed E-state index contributed by atoms with van der Waals surface area (Å²) in [6.45, 7) is 0. The highest BCUT2D eigenvalue weighted by Crippen LogP contribution is 2.23. The van der Waals surface area contributed by atoms with Crippen molar-refractivity contribution in [3.8, 4) is 0 Å². The van der Waals surface area contributed by atoms with Gasteiger partial charge in [0, 0.05) is 24.3 Å². The lowest BCUT2D eigenvalue weighted by atomic mass is 10.2. The minimum atomic E-state index is -1.42. The predicted molar refractivity (Wildman–Crippen MR) is 65.3 cm³/mol. The van der Waals surface area contributed by atoms with Crippen molar-refractivity contribution in [3.63, 3.8) is 0 Å². The van der Waals surface area contributed by atoms with E-state index in [-0.39, 0.29) is 0 Å². The van der Waals surface area contributed by atoms with E-state index < -0.39 is 52.3 Å². The molecule has 0 aromatic heterocycles. The zero-order valence-electron chi connectivity index (χ0n) is 10.5. The van der Waals surface area contributed by atoms with Crippen molar-refractivity contribution in [2.24, 2.45) is 0 Å². The van der Waals surface area contributed by atoms with Crippen molar-refractivity contribution in [2.75, 3.05) is 10.6 Å².